The van der Waals surface area contributed by atoms with Crippen molar-refractivity contribution >= 4 is 27.5 Å². The molecule has 0 unspecified atom stereocenters. The fraction of sp³-hybridized carbons (Fsp3) is 0.571. The van der Waals surface area contributed by atoms with Crippen molar-refractivity contribution in [2.45, 2.75) is 26.3 Å². The van der Waals surface area contributed by atoms with Gasteiger partial charge in [-0.05, 0) is 29.8 Å². The van der Waals surface area contributed by atoms with Crippen LogP contribution < -0.4 is 0 Å². The molecular weight excluding hydrogens is 227 g/mol. The Morgan fingerprint density at radius 2 is 2.27 bits per heavy atom. The van der Waals surface area contributed by atoms with Crippen molar-refractivity contribution < 1.29 is 0 Å². The lowest BCUT2D eigenvalue weighted by atomic mass is 10.5. The van der Waals surface area contributed by atoms with E-state index in [1.807, 2.05) is 6.92 Å². The van der Waals surface area contributed by atoms with Crippen molar-refractivity contribution in [3.05, 3.63) is 16.1 Å². The summed E-state index contributed by atoms with van der Waals surface area (Å²) in [6, 6.07) is 0. The molecule has 0 aliphatic carbocycles. The predicted molar refractivity (Wildman–Crippen MR) is 49.9 cm³/mol. The van der Waals surface area contributed by atoms with E-state index in [-0.39, 0.29) is 0 Å². The van der Waals surface area contributed by atoms with Crippen molar-refractivity contribution in [3.8, 4) is 0 Å². The average Bonchev–Trinajstić information content (AvgIpc) is 2.28. The van der Waals surface area contributed by atoms with Crippen LogP contribution in [0, 0.1) is 6.92 Å². The molecule has 0 aliphatic rings. The number of nitrogens with zero attached hydrogens (tertiary/aromatic N) is 2. The summed E-state index contributed by atoms with van der Waals surface area (Å²) in [6.45, 7) is 4.94. The van der Waals surface area contributed by atoms with Gasteiger partial charge in [-0.2, -0.15) is 0 Å². The molecule has 0 aliphatic heterocycles. The zero-order valence-electron chi connectivity index (χ0n) is 6.56. The molecule has 0 atom stereocenters. The van der Waals surface area contributed by atoms with E-state index in [4.69, 9.17) is 11.6 Å². The number of halogens is 2. The number of hydrogen-bond acceptors (Lipinski definition) is 1. The van der Waals surface area contributed by atoms with Gasteiger partial charge in [-0.1, -0.05) is 0 Å². The van der Waals surface area contributed by atoms with Crippen LogP contribution in [0.3, 0.4) is 0 Å². The van der Waals surface area contributed by atoms with Crippen LogP contribution in [0.1, 0.15) is 18.4 Å². The number of alkyl halides is 1. The van der Waals surface area contributed by atoms with E-state index in [0.717, 1.165) is 22.7 Å². The first-order valence-corrected chi connectivity index (χ1v) is 4.81. The zero-order valence-corrected chi connectivity index (χ0v) is 8.91. The SMILES string of the molecule is CCn1c(CCl)nc(C)c1Br. The first-order valence-electron chi connectivity index (χ1n) is 3.48. The van der Waals surface area contributed by atoms with Gasteiger partial charge >= 0.3 is 0 Å². The maximum Gasteiger partial charge on any atom is 0.124 e. The maximum absolute atomic E-state index is 5.69. The molecular formula is C7H10BrClN2. The van der Waals surface area contributed by atoms with Gasteiger partial charge in [0.1, 0.15) is 10.4 Å². The Hall–Kier alpha value is -0.0200. The smallest absolute Gasteiger partial charge is 0.124 e. The molecule has 0 saturated carbocycles. The second-order valence-corrected chi connectivity index (χ2v) is 3.30. The normalized spacial score (nSPS) is 10.5. The molecule has 1 heterocycles. The predicted octanol–water partition coefficient (Wildman–Crippen LogP) is 2.71. The van der Waals surface area contributed by atoms with Gasteiger partial charge < -0.3 is 4.57 Å². The number of aryl methyl sites for hydroxylation is 1. The van der Waals surface area contributed by atoms with Gasteiger partial charge in [-0.3, -0.25) is 0 Å². The average molecular weight is 238 g/mol. The number of imidazole rings is 1. The second kappa shape index (κ2) is 3.59. The van der Waals surface area contributed by atoms with Crippen molar-refractivity contribution in [2.75, 3.05) is 0 Å². The quantitative estimate of drug-likeness (QED) is 0.723. The Balaban J connectivity index is 3.15. The highest BCUT2D eigenvalue weighted by molar-refractivity contribution is 9.10. The third-order valence-corrected chi connectivity index (χ3v) is 2.82. The Bertz CT molecular complexity index is 257. The number of aromatic nitrogens is 2. The van der Waals surface area contributed by atoms with Gasteiger partial charge in [0.05, 0.1) is 11.6 Å². The molecule has 1 aromatic rings. The monoisotopic (exact) mass is 236 g/mol. The summed E-state index contributed by atoms with van der Waals surface area (Å²) in [6.07, 6.45) is 0. The van der Waals surface area contributed by atoms with E-state index >= 15 is 0 Å². The highest BCUT2D eigenvalue weighted by Crippen LogP contribution is 2.18. The maximum atomic E-state index is 5.69. The van der Waals surface area contributed by atoms with Crippen molar-refractivity contribution in [3.63, 3.8) is 0 Å². The summed E-state index contributed by atoms with van der Waals surface area (Å²) in [5, 5.41) is 0. The Morgan fingerprint density at radius 3 is 2.64 bits per heavy atom. The molecule has 0 bridgehead atoms. The van der Waals surface area contributed by atoms with Gasteiger partial charge in [0.15, 0.2) is 0 Å². The number of hydrogen-bond donors (Lipinski definition) is 0. The third-order valence-electron chi connectivity index (χ3n) is 1.58. The molecule has 0 aromatic carbocycles. The Morgan fingerprint density at radius 1 is 1.64 bits per heavy atom. The van der Waals surface area contributed by atoms with E-state index in [1.54, 1.807) is 0 Å². The van der Waals surface area contributed by atoms with E-state index < -0.39 is 0 Å². The Kier molecular flexibility index (Phi) is 2.96. The standard InChI is InChI=1S/C7H10BrClN2/c1-3-11-6(4-9)10-5(2)7(11)8/h3-4H2,1-2H3. The van der Waals surface area contributed by atoms with E-state index in [1.165, 1.54) is 0 Å². The van der Waals surface area contributed by atoms with Crippen LogP contribution in [0.2, 0.25) is 0 Å². The largest absolute Gasteiger partial charge is 0.322 e. The fourth-order valence-electron chi connectivity index (χ4n) is 1.03. The molecule has 4 heteroatoms. The summed E-state index contributed by atoms with van der Waals surface area (Å²) < 4.78 is 3.10. The highest BCUT2D eigenvalue weighted by atomic mass is 79.9. The molecule has 0 saturated heterocycles. The molecule has 0 amide bonds. The Labute approximate surface area is 79.7 Å². The molecule has 0 radical (unpaired) electrons. The van der Waals surface area contributed by atoms with Crippen LogP contribution in [-0.2, 0) is 12.4 Å². The lowest BCUT2D eigenvalue weighted by molar-refractivity contribution is 0.710. The van der Waals surface area contributed by atoms with Crippen LogP contribution in [0.15, 0.2) is 4.60 Å². The molecule has 0 spiro atoms. The highest BCUT2D eigenvalue weighted by Gasteiger charge is 2.08. The molecule has 2 nitrogen and oxygen atoms in total. The summed E-state index contributed by atoms with van der Waals surface area (Å²) in [5.74, 6) is 1.40. The third kappa shape index (κ3) is 1.59. The summed E-state index contributed by atoms with van der Waals surface area (Å²) in [7, 11) is 0. The first-order chi connectivity index (χ1) is 5.20. The van der Waals surface area contributed by atoms with E-state index in [0.29, 0.717) is 5.88 Å². The summed E-state index contributed by atoms with van der Waals surface area (Å²) in [5.41, 5.74) is 1.00. The molecule has 62 valence electrons. The molecule has 0 fully saturated rings. The minimum absolute atomic E-state index is 0.473. The summed E-state index contributed by atoms with van der Waals surface area (Å²) in [4.78, 5) is 4.28. The molecule has 11 heavy (non-hydrogen) atoms. The van der Waals surface area contributed by atoms with E-state index in [2.05, 4.69) is 32.4 Å². The molecule has 1 rings (SSSR count). The van der Waals surface area contributed by atoms with Crippen LogP contribution in [0.5, 0.6) is 0 Å². The zero-order chi connectivity index (χ0) is 8.43. The van der Waals surface area contributed by atoms with Gasteiger partial charge in [0, 0.05) is 6.54 Å². The van der Waals surface area contributed by atoms with Crippen LogP contribution in [0.25, 0.3) is 0 Å². The van der Waals surface area contributed by atoms with Crippen molar-refractivity contribution in [1.82, 2.24) is 9.55 Å². The van der Waals surface area contributed by atoms with Gasteiger partial charge in [-0.15, -0.1) is 11.6 Å². The topological polar surface area (TPSA) is 17.8 Å². The van der Waals surface area contributed by atoms with Gasteiger partial charge in [0.2, 0.25) is 0 Å². The minimum atomic E-state index is 0.473. The second-order valence-electron chi connectivity index (χ2n) is 2.28. The molecule has 0 N–H and O–H groups in total. The van der Waals surface area contributed by atoms with Crippen LogP contribution in [-0.4, -0.2) is 9.55 Å². The summed E-state index contributed by atoms with van der Waals surface area (Å²) >= 11 is 9.14. The van der Waals surface area contributed by atoms with Crippen LogP contribution >= 0.6 is 27.5 Å². The van der Waals surface area contributed by atoms with Gasteiger partial charge in [0.25, 0.3) is 0 Å². The minimum Gasteiger partial charge on any atom is -0.322 e. The number of rotatable bonds is 2. The fourth-order valence-corrected chi connectivity index (χ4v) is 1.78. The van der Waals surface area contributed by atoms with Gasteiger partial charge in [-0.25, -0.2) is 4.98 Å². The first kappa shape index (κ1) is 9.07. The molecule has 1 aromatic heterocycles. The van der Waals surface area contributed by atoms with E-state index in [9.17, 15) is 0 Å². The lowest BCUT2D eigenvalue weighted by Crippen LogP contribution is -1.99. The van der Waals surface area contributed by atoms with Crippen molar-refractivity contribution in [2.24, 2.45) is 0 Å². The lowest BCUT2D eigenvalue weighted by Gasteiger charge is -2.01. The van der Waals surface area contributed by atoms with Crippen LogP contribution in [0.4, 0.5) is 0 Å². The van der Waals surface area contributed by atoms with Crippen molar-refractivity contribution in [1.29, 1.82) is 0 Å².